The highest BCUT2D eigenvalue weighted by Gasteiger charge is 2.22. The third-order valence-electron chi connectivity index (χ3n) is 8.11. The maximum Gasteiger partial charge on any atom is 0.145 e. The molecule has 6 heteroatoms. The molecule has 0 atom stereocenters. The van der Waals surface area contributed by atoms with E-state index < -0.39 is 0 Å². The van der Waals surface area contributed by atoms with Crippen molar-refractivity contribution in [1.29, 1.82) is 0 Å². The lowest BCUT2D eigenvalue weighted by Crippen LogP contribution is -2.30. The Balaban J connectivity index is 1.32. The SMILES string of the molecule is CCCN(CCC)CCNc1cnc2ccc(Nc3ccc(CCc4ccc(CC)cc4)c(CC)c3)c(C3=NC3)c2n1. The van der Waals surface area contributed by atoms with E-state index in [1.165, 1.54) is 35.1 Å². The molecule has 4 aromatic rings. The fourth-order valence-corrected chi connectivity index (χ4v) is 5.72. The average Bonchev–Trinajstić information content (AvgIpc) is 3.86. The van der Waals surface area contributed by atoms with Gasteiger partial charge in [-0.1, -0.05) is 58.0 Å². The Morgan fingerprint density at radius 3 is 2.24 bits per heavy atom. The number of benzene rings is 3. The van der Waals surface area contributed by atoms with Gasteiger partial charge in [-0.25, -0.2) is 4.98 Å². The van der Waals surface area contributed by atoms with E-state index in [4.69, 9.17) is 9.97 Å². The fraction of sp³-hybridized carbons (Fsp3) is 0.417. The van der Waals surface area contributed by atoms with Gasteiger partial charge in [0.25, 0.3) is 0 Å². The molecule has 2 heterocycles. The first-order valence-electron chi connectivity index (χ1n) is 15.9. The maximum atomic E-state index is 5.03. The van der Waals surface area contributed by atoms with E-state index in [9.17, 15) is 0 Å². The van der Waals surface area contributed by atoms with Crippen molar-refractivity contribution in [2.24, 2.45) is 4.99 Å². The number of rotatable bonds is 16. The van der Waals surface area contributed by atoms with E-state index >= 15 is 0 Å². The quantitative estimate of drug-likeness (QED) is 0.147. The lowest BCUT2D eigenvalue weighted by Gasteiger charge is -2.21. The molecular formula is C36H46N6. The summed E-state index contributed by atoms with van der Waals surface area (Å²) in [5.74, 6) is 0.817. The van der Waals surface area contributed by atoms with Gasteiger partial charge in [-0.3, -0.25) is 9.98 Å². The normalized spacial score (nSPS) is 12.5. The van der Waals surface area contributed by atoms with E-state index in [2.05, 4.69) is 103 Å². The Morgan fingerprint density at radius 1 is 0.786 bits per heavy atom. The van der Waals surface area contributed by atoms with Crippen molar-refractivity contribution in [2.75, 3.05) is 43.4 Å². The summed E-state index contributed by atoms with van der Waals surface area (Å²) in [6.07, 6.45) is 8.39. The van der Waals surface area contributed by atoms with Gasteiger partial charge in [-0.2, -0.15) is 0 Å². The van der Waals surface area contributed by atoms with E-state index in [0.717, 1.165) is 97.9 Å². The molecule has 5 rings (SSSR count). The molecule has 0 aliphatic carbocycles. The Labute approximate surface area is 251 Å². The van der Waals surface area contributed by atoms with Crippen molar-refractivity contribution >= 4 is 33.9 Å². The number of hydrogen-bond donors (Lipinski definition) is 2. The molecular weight excluding hydrogens is 516 g/mol. The minimum absolute atomic E-state index is 0.758. The van der Waals surface area contributed by atoms with E-state index in [1.807, 2.05) is 6.20 Å². The molecule has 6 nitrogen and oxygen atoms in total. The standard InChI is InChI=1S/C36H46N6/c1-5-20-42(21-6-2)22-19-37-34-25-39-32-18-17-31(35(33-24-38-33)36(32)41-34)40-30-16-15-29(28(8-4)23-30)14-13-27-11-9-26(7-3)10-12-27/h9-12,15-18,23,25,40H,5-8,13-14,19-22,24H2,1-4H3,(H,37,41). The van der Waals surface area contributed by atoms with Crippen LogP contribution in [0.15, 0.2) is 65.8 Å². The second kappa shape index (κ2) is 14.4. The molecule has 0 saturated carbocycles. The number of nitrogens with zero attached hydrogens (tertiary/aromatic N) is 4. The maximum absolute atomic E-state index is 5.03. The first-order valence-corrected chi connectivity index (χ1v) is 15.9. The molecule has 0 radical (unpaired) electrons. The highest BCUT2D eigenvalue weighted by molar-refractivity contribution is 6.20. The third-order valence-corrected chi connectivity index (χ3v) is 8.11. The molecule has 3 aromatic carbocycles. The second-order valence-corrected chi connectivity index (χ2v) is 11.3. The van der Waals surface area contributed by atoms with E-state index in [1.54, 1.807) is 0 Å². The van der Waals surface area contributed by atoms with Crippen LogP contribution < -0.4 is 10.6 Å². The van der Waals surface area contributed by atoms with Crippen LogP contribution in [-0.2, 0) is 25.7 Å². The van der Waals surface area contributed by atoms with Crippen molar-refractivity contribution in [1.82, 2.24) is 14.9 Å². The van der Waals surface area contributed by atoms with Gasteiger partial charge in [0.15, 0.2) is 0 Å². The highest BCUT2D eigenvalue weighted by atomic mass is 15.1. The van der Waals surface area contributed by atoms with Crippen LogP contribution in [0.3, 0.4) is 0 Å². The number of hydrogen-bond acceptors (Lipinski definition) is 6. The molecule has 42 heavy (non-hydrogen) atoms. The van der Waals surface area contributed by atoms with Crippen molar-refractivity contribution in [3.05, 3.63) is 88.6 Å². The molecule has 0 amide bonds. The van der Waals surface area contributed by atoms with Crippen LogP contribution in [0.1, 0.15) is 68.4 Å². The molecule has 2 N–H and O–H groups in total. The smallest absolute Gasteiger partial charge is 0.145 e. The molecule has 0 spiro atoms. The summed E-state index contributed by atoms with van der Waals surface area (Å²) in [7, 11) is 0. The number of aryl methyl sites for hydroxylation is 4. The van der Waals surface area contributed by atoms with Gasteiger partial charge in [-0.05, 0) is 98.1 Å². The molecule has 1 aliphatic rings. The van der Waals surface area contributed by atoms with E-state index in [-0.39, 0.29) is 0 Å². The zero-order valence-electron chi connectivity index (χ0n) is 25.8. The number of nitrogens with one attached hydrogen (secondary N) is 2. The average molecular weight is 563 g/mol. The van der Waals surface area contributed by atoms with Gasteiger partial charge in [0.2, 0.25) is 0 Å². The van der Waals surface area contributed by atoms with Gasteiger partial charge in [0, 0.05) is 24.3 Å². The Hall–Kier alpha value is -3.77. The van der Waals surface area contributed by atoms with Gasteiger partial charge in [0.1, 0.15) is 11.3 Å². The van der Waals surface area contributed by atoms with Crippen molar-refractivity contribution in [3.8, 4) is 0 Å². The van der Waals surface area contributed by atoms with Crippen LogP contribution >= 0.6 is 0 Å². The molecule has 0 bridgehead atoms. The lowest BCUT2D eigenvalue weighted by molar-refractivity contribution is 0.285. The molecule has 1 aromatic heterocycles. The summed E-state index contributed by atoms with van der Waals surface area (Å²) in [6, 6.07) is 20.0. The number of fused-ring (bicyclic) bond motifs is 1. The summed E-state index contributed by atoms with van der Waals surface area (Å²) in [4.78, 5) is 16.9. The summed E-state index contributed by atoms with van der Waals surface area (Å²) < 4.78 is 0. The van der Waals surface area contributed by atoms with Gasteiger partial charge >= 0.3 is 0 Å². The van der Waals surface area contributed by atoms with Crippen LogP contribution in [0, 0.1) is 0 Å². The van der Waals surface area contributed by atoms with Crippen LogP contribution in [-0.4, -0.2) is 53.3 Å². The Bertz CT molecular complexity index is 1500. The first kappa shape index (κ1) is 29.7. The summed E-state index contributed by atoms with van der Waals surface area (Å²) in [5.41, 5.74) is 11.7. The van der Waals surface area contributed by atoms with Gasteiger partial charge < -0.3 is 15.5 Å². The van der Waals surface area contributed by atoms with Crippen molar-refractivity contribution in [3.63, 3.8) is 0 Å². The molecule has 0 unspecified atom stereocenters. The first-order chi connectivity index (χ1) is 20.6. The van der Waals surface area contributed by atoms with Crippen molar-refractivity contribution < 1.29 is 0 Å². The van der Waals surface area contributed by atoms with Gasteiger partial charge in [-0.15, -0.1) is 0 Å². The predicted molar refractivity (Wildman–Crippen MR) is 179 cm³/mol. The third kappa shape index (κ3) is 7.54. The topological polar surface area (TPSA) is 65.4 Å². The van der Waals surface area contributed by atoms with Crippen LogP contribution in [0.25, 0.3) is 11.0 Å². The Morgan fingerprint density at radius 2 is 1.55 bits per heavy atom. The fourth-order valence-electron chi connectivity index (χ4n) is 5.72. The van der Waals surface area contributed by atoms with E-state index in [0.29, 0.717) is 0 Å². The number of aromatic nitrogens is 2. The minimum Gasteiger partial charge on any atom is -0.367 e. The lowest BCUT2D eigenvalue weighted by atomic mass is 9.97. The molecule has 0 fully saturated rings. The summed E-state index contributed by atoms with van der Waals surface area (Å²) in [5, 5.41) is 7.22. The largest absolute Gasteiger partial charge is 0.367 e. The minimum atomic E-state index is 0.758. The zero-order valence-corrected chi connectivity index (χ0v) is 25.8. The molecule has 0 saturated heterocycles. The van der Waals surface area contributed by atoms with Gasteiger partial charge in [0.05, 0.1) is 29.7 Å². The van der Waals surface area contributed by atoms with Crippen LogP contribution in [0.2, 0.25) is 0 Å². The Kier molecular flexibility index (Phi) is 10.2. The van der Waals surface area contributed by atoms with Crippen molar-refractivity contribution in [2.45, 2.75) is 66.2 Å². The second-order valence-electron chi connectivity index (χ2n) is 11.3. The zero-order chi connectivity index (χ0) is 29.3. The summed E-state index contributed by atoms with van der Waals surface area (Å²) >= 11 is 0. The van der Waals surface area contributed by atoms with Crippen LogP contribution in [0.4, 0.5) is 17.2 Å². The van der Waals surface area contributed by atoms with Crippen LogP contribution in [0.5, 0.6) is 0 Å². The monoisotopic (exact) mass is 562 g/mol. The summed E-state index contributed by atoms with van der Waals surface area (Å²) in [6.45, 7) is 13.8. The molecule has 220 valence electrons. The number of anilines is 3. The highest BCUT2D eigenvalue weighted by Crippen LogP contribution is 2.32. The molecule has 1 aliphatic heterocycles. The number of aliphatic imine (C=N–C) groups is 1. The predicted octanol–water partition coefficient (Wildman–Crippen LogP) is 7.62.